The van der Waals surface area contributed by atoms with Gasteiger partial charge >= 0.3 is 0 Å². The molecule has 94 valence electrons. The number of hydrogen-bond donors (Lipinski definition) is 2. The number of sulfone groups is 1. The van der Waals surface area contributed by atoms with Gasteiger partial charge in [0.2, 0.25) is 0 Å². The number of halogens is 1. The molecule has 2 rings (SSSR count). The highest BCUT2D eigenvalue weighted by Crippen LogP contribution is 2.53. The van der Waals surface area contributed by atoms with Crippen molar-refractivity contribution in [2.24, 2.45) is 11.5 Å². The van der Waals surface area contributed by atoms with Gasteiger partial charge in [-0.05, 0) is 17.7 Å². The van der Waals surface area contributed by atoms with Crippen molar-refractivity contribution >= 4 is 25.8 Å². The van der Waals surface area contributed by atoms with Gasteiger partial charge in [-0.1, -0.05) is 28.1 Å². The van der Waals surface area contributed by atoms with Crippen molar-refractivity contribution in [2.75, 3.05) is 12.8 Å². The van der Waals surface area contributed by atoms with E-state index in [1.54, 1.807) is 0 Å². The smallest absolute Gasteiger partial charge is 0.152 e. The van der Waals surface area contributed by atoms with Crippen molar-refractivity contribution < 1.29 is 8.42 Å². The number of nitrogens with two attached hydrogens (primary N) is 2. The second-order valence-electron chi connectivity index (χ2n) is 4.60. The molecule has 4 N–H and O–H groups in total. The molecule has 1 saturated carbocycles. The van der Waals surface area contributed by atoms with E-state index in [1.165, 1.54) is 6.26 Å². The van der Waals surface area contributed by atoms with Crippen LogP contribution in [0.3, 0.4) is 0 Å². The van der Waals surface area contributed by atoms with Crippen LogP contribution in [0.1, 0.15) is 11.5 Å². The highest BCUT2D eigenvalue weighted by Gasteiger charge is 2.67. The Morgan fingerprint density at radius 1 is 1.35 bits per heavy atom. The fourth-order valence-electron chi connectivity index (χ4n) is 2.47. The Kier molecular flexibility index (Phi) is 3.10. The summed E-state index contributed by atoms with van der Waals surface area (Å²) in [5.41, 5.74) is 11.8. The highest BCUT2D eigenvalue weighted by atomic mass is 79.9. The first-order valence-electron chi connectivity index (χ1n) is 5.24. The van der Waals surface area contributed by atoms with Crippen LogP contribution in [0.5, 0.6) is 0 Å². The molecule has 17 heavy (non-hydrogen) atoms. The molecule has 0 radical (unpaired) electrons. The van der Waals surface area contributed by atoms with Crippen LogP contribution < -0.4 is 11.5 Å². The van der Waals surface area contributed by atoms with Crippen LogP contribution in [-0.2, 0) is 9.84 Å². The molecular weight excluding hydrogens is 304 g/mol. The fourth-order valence-corrected chi connectivity index (χ4v) is 4.60. The lowest BCUT2D eigenvalue weighted by molar-refractivity contribution is 0.591. The van der Waals surface area contributed by atoms with E-state index < -0.39 is 20.6 Å². The van der Waals surface area contributed by atoms with Gasteiger partial charge < -0.3 is 11.5 Å². The molecule has 4 nitrogen and oxygen atoms in total. The third kappa shape index (κ3) is 2.14. The van der Waals surface area contributed by atoms with Crippen LogP contribution >= 0.6 is 15.9 Å². The van der Waals surface area contributed by atoms with Gasteiger partial charge in [-0.3, -0.25) is 0 Å². The summed E-state index contributed by atoms with van der Waals surface area (Å²) in [5, 5.41) is -0.568. The minimum Gasteiger partial charge on any atom is -0.329 e. The standard InChI is InChI=1S/C11H15BrN2O2S/c1-17(15,16)10-9(11(10,14)6-13)7-2-4-8(12)5-3-7/h2-5,9-10H,6,13-14H2,1H3/t9-,10+,11-/m0/s1. The largest absolute Gasteiger partial charge is 0.329 e. The first-order valence-corrected chi connectivity index (χ1v) is 7.99. The predicted octanol–water partition coefficient (Wildman–Crippen LogP) is 0.616. The summed E-state index contributed by atoms with van der Waals surface area (Å²) < 4.78 is 24.3. The van der Waals surface area contributed by atoms with Gasteiger partial charge in [0.05, 0.1) is 10.8 Å². The molecule has 0 amide bonds. The zero-order valence-corrected chi connectivity index (χ0v) is 11.8. The van der Waals surface area contributed by atoms with E-state index in [-0.39, 0.29) is 12.5 Å². The van der Waals surface area contributed by atoms with Crippen LogP contribution in [0.4, 0.5) is 0 Å². The zero-order valence-electron chi connectivity index (χ0n) is 9.43. The molecule has 0 heterocycles. The summed E-state index contributed by atoms with van der Waals surface area (Å²) >= 11 is 3.34. The second-order valence-corrected chi connectivity index (χ2v) is 7.68. The summed E-state index contributed by atoms with van der Waals surface area (Å²) in [7, 11) is -3.17. The Balaban J connectivity index is 2.37. The molecule has 1 aromatic rings. The maximum absolute atomic E-state index is 11.7. The maximum Gasteiger partial charge on any atom is 0.152 e. The van der Waals surface area contributed by atoms with E-state index >= 15 is 0 Å². The molecule has 0 spiro atoms. The van der Waals surface area contributed by atoms with E-state index in [2.05, 4.69) is 15.9 Å². The van der Waals surface area contributed by atoms with E-state index in [1.807, 2.05) is 24.3 Å². The molecule has 0 aliphatic heterocycles. The summed E-state index contributed by atoms with van der Waals surface area (Å²) in [5.74, 6) is -0.199. The molecule has 3 atom stereocenters. The lowest BCUT2D eigenvalue weighted by Crippen LogP contribution is -2.38. The summed E-state index contributed by atoms with van der Waals surface area (Å²) in [6.07, 6.45) is 1.22. The zero-order chi connectivity index (χ0) is 12.8. The van der Waals surface area contributed by atoms with Crippen molar-refractivity contribution in [3.63, 3.8) is 0 Å². The monoisotopic (exact) mass is 318 g/mol. The molecule has 1 fully saturated rings. The topological polar surface area (TPSA) is 86.2 Å². The van der Waals surface area contributed by atoms with Gasteiger partial charge in [-0.2, -0.15) is 0 Å². The minimum absolute atomic E-state index is 0.172. The van der Waals surface area contributed by atoms with Gasteiger partial charge in [0.25, 0.3) is 0 Å². The van der Waals surface area contributed by atoms with Gasteiger partial charge in [0.1, 0.15) is 0 Å². The quantitative estimate of drug-likeness (QED) is 0.855. The van der Waals surface area contributed by atoms with Crippen molar-refractivity contribution in [2.45, 2.75) is 16.7 Å². The van der Waals surface area contributed by atoms with E-state index in [9.17, 15) is 8.42 Å². The normalized spacial score (nSPS) is 32.5. The first-order chi connectivity index (χ1) is 7.80. The minimum atomic E-state index is -3.17. The van der Waals surface area contributed by atoms with E-state index in [4.69, 9.17) is 11.5 Å². The Morgan fingerprint density at radius 3 is 2.24 bits per heavy atom. The SMILES string of the molecule is CS(=O)(=O)[C@@H]1[C@H](c2ccc(Br)cc2)[C@@]1(N)CN. The lowest BCUT2D eigenvalue weighted by Gasteiger charge is -2.07. The molecule has 1 aromatic carbocycles. The molecule has 6 heteroatoms. The first kappa shape index (κ1) is 13.0. The van der Waals surface area contributed by atoms with Crippen LogP contribution in [0.25, 0.3) is 0 Å². The molecule has 0 bridgehead atoms. The Hall–Kier alpha value is -0.430. The van der Waals surface area contributed by atoms with Gasteiger partial charge in [0, 0.05) is 23.2 Å². The molecule has 0 aromatic heterocycles. The fraction of sp³-hybridized carbons (Fsp3) is 0.455. The Bertz CT molecular complexity index is 529. The third-order valence-electron chi connectivity index (χ3n) is 3.35. The van der Waals surface area contributed by atoms with Gasteiger partial charge in [0.15, 0.2) is 9.84 Å². The number of hydrogen-bond acceptors (Lipinski definition) is 4. The summed E-state index contributed by atoms with van der Waals surface area (Å²) in [4.78, 5) is 0. The highest BCUT2D eigenvalue weighted by molar-refractivity contribution is 9.10. The molecule has 1 aliphatic rings. The van der Waals surface area contributed by atoms with Crippen molar-refractivity contribution in [3.8, 4) is 0 Å². The van der Waals surface area contributed by atoms with Crippen molar-refractivity contribution in [3.05, 3.63) is 34.3 Å². The molecular formula is C11H15BrN2O2S. The Labute approximate surface area is 109 Å². The number of benzene rings is 1. The van der Waals surface area contributed by atoms with Crippen molar-refractivity contribution in [1.29, 1.82) is 0 Å². The number of rotatable bonds is 3. The van der Waals surface area contributed by atoms with Gasteiger partial charge in [-0.15, -0.1) is 0 Å². The average molecular weight is 319 g/mol. The van der Waals surface area contributed by atoms with Crippen LogP contribution in [0.2, 0.25) is 0 Å². The third-order valence-corrected chi connectivity index (χ3v) is 5.51. The lowest BCUT2D eigenvalue weighted by atomic mass is 10.1. The molecule has 1 aliphatic carbocycles. The average Bonchev–Trinajstić information content (AvgIpc) is 2.87. The molecule has 0 saturated heterocycles. The Morgan fingerprint density at radius 2 is 1.88 bits per heavy atom. The van der Waals surface area contributed by atoms with Crippen LogP contribution in [0, 0.1) is 0 Å². The second kappa shape index (κ2) is 4.05. The molecule has 0 unspecified atom stereocenters. The van der Waals surface area contributed by atoms with Gasteiger partial charge in [-0.25, -0.2) is 8.42 Å². The van der Waals surface area contributed by atoms with Crippen LogP contribution in [0.15, 0.2) is 28.7 Å². The maximum atomic E-state index is 11.7. The van der Waals surface area contributed by atoms with Crippen LogP contribution in [-0.4, -0.2) is 32.0 Å². The summed E-state index contributed by atoms with van der Waals surface area (Å²) in [6.45, 7) is 0.172. The van der Waals surface area contributed by atoms with Crippen molar-refractivity contribution in [1.82, 2.24) is 0 Å². The van der Waals surface area contributed by atoms with E-state index in [0.29, 0.717) is 0 Å². The predicted molar refractivity (Wildman–Crippen MR) is 71.5 cm³/mol. The van der Waals surface area contributed by atoms with E-state index in [0.717, 1.165) is 10.0 Å². The summed E-state index contributed by atoms with van der Waals surface area (Å²) in [6, 6.07) is 7.53.